The van der Waals surface area contributed by atoms with Crippen molar-refractivity contribution < 1.29 is 9.53 Å². The highest BCUT2D eigenvalue weighted by molar-refractivity contribution is 8.01. The topological polar surface area (TPSA) is 39.2 Å². The molecule has 0 N–H and O–H groups in total. The Morgan fingerprint density at radius 3 is 3.17 bits per heavy atom. The van der Waals surface area contributed by atoms with E-state index in [1.165, 1.54) is 30.2 Å². The van der Waals surface area contributed by atoms with Gasteiger partial charge in [-0.2, -0.15) is 0 Å². The number of nitrogens with zero attached hydrogens (tertiary/aromatic N) is 1. The average molecular weight is 224 g/mol. The van der Waals surface area contributed by atoms with E-state index >= 15 is 0 Å². The quantitative estimate of drug-likeness (QED) is 0.581. The Labute approximate surface area is 83.1 Å². The number of thiazole rings is 1. The number of halogens is 1. The van der Waals surface area contributed by atoms with Crippen LogP contribution in [0, 0.1) is 0 Å². The zero-order valence-electron chi connectivity index (χ0n) is 6.24. The predicted molar refractivity (Wildman–Crippen MR) is 49.9 cm³/mol. The first-order valence-electron chi connectivity index (χ1n) is 3.03. The lowest BCUT2D eigenvalue weighted by Crippen LogP contribution is -2.02. The van der Waals surface area contributed by atoms with Gasteiger partial charge in [-0.15, -0.1) is 11.3 Å². The number of carbonyl (C=O) groups excluding carboxylic acids is 1. The van der Waals surface area contributed by atoms with Crippen LogP contribution in [0.25, 0.3) is 0 Å². The molecule has 1 aromatic rings. The Morgan fingerprint density at radius 2 is 2.67 bits per heavy atom. The average Bonchev–Trinajstić information content (AvgIpc) is 2.47. The van der Waals surface area contributed by atoms with Crippen molar-refractivity contribution >= 4 is 40.7 Å². The van der Waals surface area contributed by atoms with Crippen molar-refractivity contribution in [2.75, 3.05) is 12.9 Å². The van der Waals surface area contributed by atoms with Crippen LogP contribution in [0.1, 0.15) is 0 Å². The maximum absolute atomic E-state index is 10.7. The third kappa shape index (κ3) is 3.00. The summed E-state index contributed by atoms with van der Waals surface area (Å²) < 4.78 is 5.25. The molecule has 66 valence electrons. The number of thioether (sulfide) groups is 1. The van der Waals surface area contributed by atoms with Gasteiger partial charge in [-0.25, -0.2) is 4.98 Å². The largest absolute Gasteiger partial charge is 0.468 e. The molecule has 0 amide bonds. The summed E-state index contributed by atoms with van der Waals surface area (Å²) in [6.45, 7) is 0. The van der Waals surface area contributed by atoms with E-state index in [0.29, 0.717) is 5.15 Å². The monoisotopic (exact) mass is 223 g/mol. The van der Waals surface area contributed by atoms with Crippen LogP contribution in [-0.2, 0) is 9.53 Å². The van der Waals surface area contributed by atoms with Crippen LogP contribution < -0.4 is 0 Å². The fourth-order valence-corrected chi connectivity index (χ4v) is 2.32. The molecule has 1 aromatic heterocycles. The molecule has 0 atom stereocenters. The second-order valence-corrected chi connectivity index (χ2v) is 4.27. The van der Waals surface area contributed by atoms with Gasteiger partial charge >= 0.3 is 5.97 Å². The number of ether oxygens (including phenoxy) is 1. The van der Waals surface area contributed by atoms with E-state index in [1.54, 1.807) is 5.38 Å². The summed E-state index contributed by atoms with van der Waals surface area (Å²) in [4.78, 5) is 14.6. The molecular weight excluding hydrogens is 218 g/mol. The number of rotatable bonds is 3. The van der Waals surface area contributed by atoms with Crippen molar-refractivity contribution in [3.63, 3.8) is 0 Å². The van der Waals surface area contributed by atoms with Gasteiger partial charge in [0.15, 0.2) is 4.34 Å². The summed E-state index contributed by atoms with van der Waals surface area (Å²) in [5, 5.41) is 2.19. The molecule has 0 spiro atoms. The zero-order chi connectivity index (χ0) is 8.97. The summed E-state index contributed by atoms with van der Waals surface area (Å²) in [5.74, 6) is 0.0201. The molecule has 0 aliphatic rings. The second kappa shape index (κ2) is 4.69. The van der Waals surface area contributed by atoms with E-state index in [4.69, 9.17) is 11.6 Å². The number of hydrogen-bond donors (Lipinski definition) is 0. The van der Waals surface area contributed by atoms with Gasteiger partial charge in [0.05, 0.1) is 12.9 Å². The molecule has 0 bridgehead atoms. The minimum Gasteiger partial charge on any atom is -0.468 e. The molecular formula is C6H6ClNO2S2. The Bertz CT molecular complexity index is 276. The standard InChI is InChI=1S/C6H6ClNO2S2/c1-10-5(9)3-12-6-8-4(7)2-11-6/h2H,3H2,1H3. The van der Waals surface area contributed by atoms with Gasteiger partial charge in [0.2, 0.25) is 0 Å². The third-order valence-corrected chi connectivity index (χ3v) is 3.31. The van der Waals surface area contributed by atoms with Crippen LogP contribution in [-0.4, -0.2) is 23.8 Å². The maximum Gasteiger partial charge on any atom is 0.316 e. The van der Waals surface area contributed by atoms with Gasteiger partial charge in [0.1, 0.15) is 5.15 Å². The number of carbonyl (C=O) groups is 1. The van der Waals surface area contributed by atoms with Gasteiger partial charge in [-0.3, -0.25) is 4.79 Å². The van der Waals surface area contributed by atoms with E-state index in [-0.39, 0.29) is 11.7 Å². The first-order chi connectivity index (χ1) is 5.72. The molecule has 0 fully saturated rings. The van der Waals surface area contributed by atoms with Crippen LogP contribution in [0.15, 0.2) is 9.72 Å². The molecule has 0 aliphatic carbocycles. The normalized spacial score (nSPS) is 9.83. The summed E-state index contributed by atoms with van der Waals surface area (Å²) >= 11 is 8.32. The molecule has 3 nitrogen and oxygen atoms in total. The van der Waals surface area contributed by atoms with Crippen molar-refractivity contribution in [1.82, 2.24) is 4.98 Å². The van der Waals surface area contributed by atoms with Crippen molar-refractivity contribution in [3.8, 4) is 0 Å². The van der Waals surface area contributed by atoms with Crippen molar-refractivity contribution in [1.29, 1.82) is 0 Å². The molecule has 0 saturated carbocycles. The van der Waals surface area contributed by atoms with Gasteiger partial charge in [0.25, 0.3) is 0 Å². The highest BCUT2D eigenvalue weighted by atomic mass is 35.5. The summed E-state index contributed by atoms with van der Waals surface area (Å²) in [7, 11) is 1.36. The van der Waals surface area contributed by atoms with Crippen LogP contribution in [0.3, 0.4) is 0 Å². The van der Waals surface area contributed by atoms with Crippen LogP contribution in [0.5, 0.6) is 0 Å². The first-order valence-corrected chi connectivity index (χ1v) is 5.27. The smallest absolute Gasteiger partial charge is 0.316 e. The van der Waals surface area contributed by atoms with E-state index in [0.717, 1.165) is 4.34 Å². The zero-order valence-corrected chi connectivity index (χ0v) is 8.63. The van der Waals surface area contributed by atoms with Crippen LogP contribution in [0.2, 0.25) is 5.15 Å². The molecule has 6 heteroatoms. The lowest BCUT2D eigenvalue weighted by atomic mass is 10.8. The highest BCUT2D eigenvalue weighted by Crippen LogP contribution is 2.24. The van der Waals surface area contributed by atoms with E-state index in [9.17, 15) is 4.79 Å². The summed E-state index contributed by atoms with van der Waals surface area (Å²) in [6, 6.07) is 0. The second-order valence-electron chi connectivity index (χ2n) is 1.80. The molecule has 1 rings (SSSR count). The first kappa shape index (κ1) is 9.83. The highest BCUT2D eigenvalue weighted by Gasteiger charge is 2.04. The fraction of sp³-hybridized carbons (Fsp3) is 0.333. The van der Waals surface area contributed by atoms with Crippen LogP contribution in [0.4, 0.5) is 0 Å². The third-order valence-electron chi connectivity index (χ3n) is 0.996. The van der Waals surface area contributed by atoms with E-state index in [2.05, 4.69) is 9.72 Å². The SMILES string of the molecule is COC(=O)CSc1nc(Cl)cs1. The van der Waals surface area contributed by atoms with E-state index < -0.39 is 0 Å². The van der Waals surface area contributed by atoms with E-state index in [1.807, 2.05) is 0 Å². The lowest BCUT2D eigenvalue weighted by molar-refractivity contribution is -0.137. The van der Waals surface area contributed by atoms with Gasteiger partial charge < -0.3 is 4.74 Å². The lowest BCUT2D eigenvalue weighted by Gasteiger charge is -1.94. The number of aromatic nitrogens is 1. The Kier molecular flexibility index (Phi) is 3.84. The Balaban J connectivity index is 2.38. The molecule has 0 saturated heterocycles. The number of esters is 1. The fourth-order valence-electron chi connectivity index (χ4n) is 0.485. The number of hydrogen-bond acceptors (Lipinski definition) is 5. The summed E-state index contributed by atoms with van der Waals surface area (Å²) in [6.07, 6.45) is 0. The number of methoxy groups -OCH3 is 1. The molecule has 0 unspecified atom stereocenters. The minimum absolute atomic E-state index is 0.258. The molecule has 0 radical (unpaired) electrons. The minimum atomic E-state index is -0.258. The predicted octanol–water partition coefficient (Wildman–Crippen LogP) is 2.06. The van der Waals surface area contributed by atoms with Crippen LogP contribution >= 0.6 is 34.7 Å². The molecule has 1 heterocycles. The molecule has 0 aliphatic heterocycles. The molecule has 12 heavy (non-hydrogen) atoms. The van der Waals surface area contributed by atoms with Crippen molar-refractivity contribution in [2.24, 2.45) is 0 Å². The maximum atomic E-state index is 10.7. The van der Waals surface area contributed by atoms with Gasteiger partial charge in [-0.1, -0.05) is 23.4 Å². The van der Waals surface area contributed by atoms with Gasteiger partial charge in [0, 0.05) is 5.38 Å². The van der Waals surface area contributed by atoms with Crippen molar-refractivity contribution in [2.45, 2.75) is 4.34 Å². The summed E-state index contributed by atoms with van der Waals surface area (Å²) in [5.41, 5.74) is 0. The Morgan fingerprint density at radius 1 is 1.92 bits per heavy atom. The van der Waals surface area contributed by atoms with Gasteiger partial charge in [-0.05, 0) is 0 Å². The van der Waals surface area contributed by atoms with Crippen molar-refractivity contribution in [3.05, 3.63) is 10.5 Å². The molecule has 0 aromatic carbocycles. The Hall–Kier alpha value is -0.260.